The molecule has 29 heavy (non-hydrogen) atoms. The van der Waals surface area contributed by atoms with Gasteiger partial charge in [-0.2, -0.15) is 26.3 Å². The first-order chi connectivity index (χ1) is 13.2. The Balaban J connectivity index is 2.80. The molecule has 1 saturated carbocycles. The molecule has 2 fully saturated rings. The SMILES string of the molecule is CCOC(=O)C1C(C2CC2)C(C(=O)OCC)(C(F)(F)F)C(O)OC1(O)C(F)(F)F. The molecule has 1 aliphatic carbocycles. The first-order valence-corrected chi connectivity index (χ1v) is 8.75. The second-order valence-electron chi connectivity index (χ2n) is 6.84. The monoisotopic (exact) mass is 438 g/mol. The summed E-state index contributed by atoms with van der Waals surface area (Å²) in [6, 6.07) is 0. The van der Waals surface area contributed by atoms with Crippen molar-refractivity contribution in [1.29, 1.82) is 0 Å². The van der Waals surface area contributed by atoms with E-state index in [1.165, 1.54) is 6.92 Å². The molecule has 1 aliphatic heterocycles. The lowest BCUT2D eigenvalue weighted by atomic mass is 9.61. The number of carbonyl (C=O) groups excluding carboxylic acids is 2. The van der Waals surface area contributed by atoms with Crippen molar-refractivity contribution in [3.8, 4) is 0 Å². The van der Waals surface area contributed by atoms with Crippen molar-refractivity contribution in [3.63, 3.8) is 0 Å². The van der Waals surface area contributed by atoms with Crippen LogP contribution in [0.1, 0.15) is 26.7 Å². The summed E-state index contributed by atoms with van der Waals surface area (Å²) in [6.07, 6.45) is -15.1. The van der Waals surface area contributed by atoms with Gasteiger partial charge in [0, 0.05) is 5.92 Å². The summed E-state index contributed by atoms with van der Waals surface area (Å²) in [5, 5.41) is 20.2. The van der Waals surface area contributed by atoms with Gasteiger partial charge in [0.15, 0.2) is 6.29 Å². The van der Waals surface area contributed by atoms with E-state index in [0.29, 0.717) is 0 Å². The average Bonchev–Trinajstić information content (AvgIpc) is 3.36. The van der Waals surface area contributed by atoms with Gasteiger partial charge in [0.1, 0.15) is 5.92 Å². The van der Waals surface area contributed by atoms with Crippen molar-refractivity contribution < 1.29 is 60.4 Å². The van der Waals surface area contributed by atoms with Crippen molar-refractivity contribution in [2.45, 2.75) is 51.1 Å². The van der Waals surface area contributed by atoms with Crippen LogP contribution in [0, 0.1) is 23.2 Å². The Morgan fingerprint density at radius 2 is 1.55 bits per heavy atom. The molecule has 7 nitrogen and oxygen atoms in total. The molecule has 168 valence electrons. The van der Waals surface area contributed by atoms with E-state index in [1.54, 1.807) is 0 Å². The van der Waals surface area contributed by atoms with E-state index < -0.39 is 72.8 Å². The molecule has 5 atom stereocenters. The number of esters is 2. The highest BCUT2D eigenvalue weighted by atomic mass is 19.4. The van der Waals surface area contributed by atoms with Gasteiger partial charge in [-0.05, 0) is 32.6 Å². The van der Waals surface area contributed by atoms with Crippen LogP contribution in [0.2, 0.25) is 0 Å². The predicted molar refractivity (Wildman–Crippen MR) is 79.6 cm³/mol. The van der Waals surface area contributed by atoms with Crippen LogP contribution in [0.25, 0.3) is 0 Å². The number of carbonyl (C=O) groups is 2. The molecule has 2 rings (SSSR count). The first kappa shape index (κ1) is 23.7. The van der Waals surface area contributed by atoms with Crippen LogP contribution < -0.4 is 0 Å². The summed E-state index contributed by atoms with van der Waals surface area (Å²) in [4.78, 5) is 24.8. The van der Waals surface area contributed by atoms with Gasteiger partial charge >= 0.3 is 24.3 Å². The van der Waals surface area contributed by atoms with Crippen LogP contribution in [0.3, 0.4) is 0 Å². The Bertz CT molecular complexity index is 647. The van der Waals surface area contributed by atoms with E-state index in [-0.39, 0.29) is 12.8 Å². The number of aliphatic hydroxyl groups is 2. The fraction of sp³-hybridized carbons (Fsp3) is 0.875. The summed E-state index contributed by atoms with van der Waals surface area (Å²) in [6.45, 7) is 1.24. The average molecular weight is 438 g/mol. The fourth-order valence-corrected chi connectivity index (χ4v) is 3.82. The van der Waals surface area contributed by atoms with E-state index in [1.807, 2.05) is 0 Å². The molecule has 0 bridgehead atoms. The number of halogens is 6. The van der Waals surface area contributed by atoms with E-state index in [9.17, 15) is 46.1 Å². The number of hydrogen-bond donors (Lipinski definition) is 2. The standard InChI is InChI=1S/C16H20F6O7/c1-3-27-10(23)9-8(7-5-6-7)13(15(17,18)19,11(24)28-4-2)12(25)29-14(9,26)16(20,21)22/h7-9,12,25-26H,3-6H2,1-2H3. The number of hydrogen-bond acceptors (Lipinski definition) is 7. The number of rotatable bonds is 5. The number of alkyl halides is 6. The van der Waals surface area contributed by atoms with Crippen LogP contribution >= 0.6 is 0 Å². The largest absolute Gasteiger partial charge is 0.466 e. The molecule has 0 aromatic carbocycles. The topological polar surface area (TPSA) is 102 Å². The Hall–Kier alpha value is -1.60. The van der Waals surface area contributed by atoms with Gasteiger partial charge in [0.05, 0.1) is 13.2 Å². The predicted octanol–water partition coefficient (Wildman–Crippen LogP) is 1.90. The van der Waals surface area contributed by atoms with Crippen LogP contribution in [0.5, 0.6) is 0 Å². The van der Waals surface area contributed by atoms with Crippen molar-refractivity contribution in [1.82, 2.24) is 0 Å². The lowest BCUT2D eigenvalue weighted by Crippen LogP contribution is -2.74. The molecule has 5 unspecified atom stereocenters. The highest BCUT2D eigenvalue weighted by Crippen LogP contribution is 2.64. The number of aliphatic hydroxyl groups excluding tert-OH is 1. The Kier molecular flexibility index (Phi) is 6.19. The summed E-state index contributed by atoms with van der Waals surface area (Å²) in [5.74, 6) is -15.2. The van der Waals surface area contributed by atoms with Gasteiger partial charge in [0.2, 0.25) is 5.41 Å². The van der Waals surface area contributed by atoms with Gasteiger partial charge in [-0.3, -0.25) is 9.59 Å². The molecular weight excluding hydrogens is 418 g/mol. The van der Waals surface area contributed by atoms with E-state index >= 15 is 0 Å². The highest BCUT2D eigenvalue weighted by Gasteiger charge is 2.83. The van der Waals surface area contributed by atoms with E-state index in [2.05, 4.69) is 14.2 Å². The van der Waals surface area contributed by atoms with Gasteiger partial charge in [-0.25, -0.2) is 0 Å². The third-order valence-corrected chi connectivity index (χ3v) is 5.15. The van der Waals surface area contributed by atoms with Crippen molar-refractivity contribution in [3.05, 3.63) is 0 Å². The molecule has 1 heterocycles. The Morgan fingerprint density at radius 3 is 1.93 bits per heavy atom. The summed E-state index contributed by atoms with van der Waals surface area (Å²) in [7, 11) is 0. The summed E-state index contributed by atoms with van der Waals surface area (Å²) >= 11 is 0. The van der Waals surface area contributed by atoms with Crippen molar-refractivity contribution >= 4 is 11.9 Å². The minimum Gasteiger partial charge on any atom is -0.466 e. The van der Waals surface area contributed by atoms with E-state index in [4.69, 9.17) is 0 Å². The molecule has 0 amide bonds. The second kappa shape index (κ2) is 7.58. The molecule has 1 saturated heterocycles. The zero-order chi connectivity index (χ0) is 22.4. The van der Waals surface area contributed by atoms with Crippen LogP contribution in [0.15, 0.2) is 0 Å². The van der Waals surface area contributed by atoms with Gasteiger partial charge in [-0.15, -0.1) is 0 Å². The summed E-state index contributed by atoms with van der Waals surface area (Å²) in [5.41, 5.74) is -4.03. The maximum atomic E-state index is 14.2. The first-order valence-electron chi connectivity index (χ1n) is 8.75. The van der Waals surface area contributed by atoms with Gasteiger partial charge in [-0.1, -0.05) is 0 Å². The van der Waals surface area contributed by atoms with Crippen LogP contribution in [-0.2, 0) is 23.8 Å². The van der Waals surface area contributed by atoms with Crippen LogP contribution in [0.4, 0.5) is 26.3 Å². The Morgan fingerprint density at radius 1 is 1.03 bits per heavy atom. The third-order valence-electron chi connectivity index (χ3n) is 5.15. The minimum atomic E-state index is -5.79. The zero-order valence-corrected chi connectivity index (χ0v) is 15.3. The molecule has 0 spiro atoms. The molecule has 2 N–H and O–H groups in total. The maximum absolute atomic E-state index is 14.2. The van der Waals surface area contributed by atoms with E-state index in [0.717, 1.165) is 6.92 Å². The van der Waals surface area contributed by atoms with Crippen molar-refractivity contribution in [2.24, 2.45) is 23.2 Å². The summed E-state index contributed by atoms with van der Waals surface area (Å²) < 4.78 is 96.3. The molecule has 0 radical (unpaired) electrons. The molecule has 0 aromatic heterocycles. The highest BCUT2D eigenvalue weighted by molar-refractivity contribution is 5.82. The second-order valence-corrected chi connectivity index (χ2v) is 6.84. The zero-order valence-electron chi connectivity index (χ0n) is 15.3. The van der Waals surface area contributed by atoms with Crippen LogP contribution in [-0.4, -0.2) is 59.8 Å². The third kappa shape index (κ3) is 3.56. The molecule has 13 heteroatoms. The lowest BCUT2D eigenvalue weighted by molar-refractivity contribution is -0.472. The van der Waals surface area contributed by atoms with Crippen molar-refractivity contribution in [2.75, 3.05) is 13.2 Å². The number of ether oxygens (including phenoxy) is 3. The lowest BCUT2D eigenvalue weighted by Gasteiger charge is -2.54. The quantitative estimate of drug-likeness (QED) is 0.499. The normalized spacial score (nSPS) is 35.9. The Labute approximate surface area is 160 Å². The molecular formula is C16H20F6O7. The molecule has 0 aromatic rings. The fourth-order valence-electron chi connectivity index (χ4n) is 3.82. The minimum absolute atomic E-state index is 0.0710. The molecule has 2 aliphatic rings. The van der Waals surface area contributed by atoms with Gasteiger partial charge < -0.3 is 24.4 Å². The smallest absolute Gasteiger partial charge is 0.444 e. The van der Waals surface area contributed by atoms with Gasteiger partial charge in [0.25, 0.3) is 5.79 Å². The maximum Gasteiger partial charge on any atom is 0.444 e.